The Morgan fingerprint density at radius 3 is 1.28 bits per heavy atom. The summed E-state index contributed by atoms with van der Waals surface area (Å²) in [5, 5.41) is 0. The predicted molar refractivity (Wildman–Crippen MR) is 157 cm³/mol. The Hall–Kier alpha value is -2.08. The molecule has 0 aromatic heterocycles. The van der Waals surface area contributed by atoms with Crippen LogP contribution in [0.3, 0.4) is 0 Å². The van der Waals surface area contributed by atoms with Crippen LogP contribution >= 0.6 is 0 Å². The molecule has 0 unspecified atom stereocenters. The fraction of sp³-hybridized carbons (Fsp3) is 0.455. The zero-order chi connectivity index (χ0) is 24.8. The van der Waals surface area contributed by atoms with Crippen LogP contribution in [-0.4, -0.2) is 11.4 Å². The van der Waals surface area contributed by atoms with Crippen molar-refractivity contribution in [3.8, 4) is 0 Å². The number of hydrogen-bond acceptors (Lipinski definition) is 2. The van der Waals surface area contributed by atoms with Gasteiger partial charge in [0.25, 0.3) is 0 Å². The van der Waals surface area contributed by atoms with Gasteiger partial charge in [-0.2, -0.15) is 0 Å². The standard InChI is InChI=1S/C33H46N2.Pd/c1-3-5-7-9-11-13-15-23-29-33(35-31-26-20-17-21-27-31)32(34-30-24-18-16-19-25-30)28-22-14-12-10-8-6-4-2;/h16-29H,3-15H2,1-2H3;/b28-22+,29-23?,34-32+,35-33?;. The molecule has 0 heterocycles. The summed E-state index contributed by atoms with van der Waals surface area (Å²) < 4.78 is 0. The summed E-state index contributed by atoms with van der Waals surface area (Å²) in [7, 11) is 0. The molecular formula is C33H46N2Pd. The van der Waals surface area contributed by atoms with E-state index in [1.807, 2.05) is 36.4 Å². The van der Waals surface area contributed by atoms with E-state index in [0.29, 0.717) is 0 Å². The molecule has 2 nitrogen and oxygen atoms in total. The average Bonchev–Trinajstić information content (AvgIpc) is 2.89. The number of aliphatic imine (C=N–C) groups is 2. The average molecular weight is 577 g/mol. The molecule has 2 aromatic carbocycles. The van der Waals surface area contributed by atoms with Gasteiger partial charge in [0.2, 0.25) is 0 Å². The first-order valence-corrected chi connectivity index (χ1v) is 13.9. The smallest absolute Gasteiger partial charge is 0.0890 e. The van der Waals surface area contributed by atoms with E-state index in [1.165, 1.54) is 70.6 Å². The van der Waals surface area contributed by atoms with Gasteiger partial charge in [-0.3, -0.25) is 0 Å². The van der Waals surface area contributed by atoms with E-state index in [2.05, 4.69) is 62.4 Å². The molecule has 0 atom stereocenters. The van der Waals surface area contributed by atoms with Crippen LogP contribution in [0.25, 0.3) is 0 Å². The van der Waals surface area contributed by atoms with E-state index < -0.39 is 0 Å². The molecule has 0 N–H and O–H groups in total. The molecule has 0 fully saturated rings. The maximum absolute atomic E-state index is 5.00. The number of benzene rings is 2. The number of unbranched alkanes of at least 4 members (excludes halogenated alkanes) is 11. The third-order valence-electron chi connectivity index (χ3n) is 6.02. The summed E-state index contributed by atoms with van der Waals surface area (Å²) in [4.78, 5) is 10.00. The number of allylic oxidation sites excluding steroid dienone is 4. The quantitative estimate of drug-likeness (QED) is 0.0957. The van der Waals surface area contributed by atoms with Crippen molar-refractivity contribution in [2.45, 2.75) is 97.3 Å². The molecule has 2 aromatic rings. The maximum Gasteiger partial charge on any atom is 0.0890 e. The Kier molecular flexibility index (Phi) is 19.7. The van der Waals surface area contributed by atoms with Crippen LogP contribution in [0.4, 0.5) is 11.4 Å². The van der Waals surface area contributed by atoms with E-state index in [0.717, 1.165) is 35.6 Å². The van der Waals surface area contributed by atoms with Crippen molar-refractivity contribution in [2.75, 3.05) is 0 Å². The Bertz CT molecular complexity index is 898. The minimum Gasteiger partial charge on any atom is -0.247 e. The Morgan fingerprint density at radius 2 is 0.889 bits per heavy atom. The zero-order valence-corrected chi connectivity index (χ0v) is 24.0. The van der Waals surface area contributed by atoms with Gasteiger partial charge in [0, 0.05) is 20.4 Å². The van der Waals surface area contributed by atoms with Gasteiger partial charge in [-0.15, -0.1) is 0 Å². The van der Waals surface area contributed by atoms with Crippen LogP contribution in [0, 0.1) is 0 Å². The minimum absolute atomic E-state index is 0. The largest absolute Gasteiger partial charge is 0.247 e. The van der Waals surface area contributed by atoms with E-state index in [9.17, 15) is 0 Å². The molecule has 0 amide bonds. The topological polar surface area (TPSA) is 24.7 Å². The summed E-state index contributed by atoms with van der Waals surface area (Å²) in [5.41, 5.74) is 3.77. The Balaban J connectivity index is 0.00000648. The number of rotatable bonds is 18. The van der Waals surface area contributed by atoms with Crippen LogP contribution in [0.5, 0.6) is 0 Å². The second-order valence-corrected chi connectivity index (χ2v) is 9.23. The molecule has 0 saturated heterocycles. The van der Waals surface area contributed by atoms with Crippen LogP contribution in [0.2, 0.25) is 0 Å². The van der Waals surface area contributed by atoms with Gasteiger partial charge in [0.1, 0.15) is 0 Å². The molecule has 36 heavy (non-hydrogen) atoms. The van der Waals surface area contributed by atoms with Gasteiger partial charge < -0.3 is 0 Å². The van der Waals surface area contributed by atoms with E-state index in [4.69, 9.17) is 9.98 Å². The summed E-state index contributed by atoms with van der Waals surface area (Å²) >= 11 is 0. The van der Waals surface area contributed by atoms with Gasteiger partial charge in [0.15, 0.2) is 0 Å². The first kappa shape index (κ1) is 32.0. The monoisotopic (exact) mass is 576 g/mol. The van der Waals surface area contributed by atoms with Crippen molar-refractivity contribution in [2.24, 2.45) is 9.98 Å². The number of nitrogens with zero attached hydrogens (tertiary/aromatic N) is 2. The molecular weight excluding hydrogens is 531 g/mol. The van der Waals surface area contributed by atoms with Gasteiger partial charge in [0.05, 0.1) is 22.8 Å². The van der Waals surface area contributed by atoms with E-state index in [-0.39, 0.29) is 20.4 Å². The normalized spacial score (nSPS) is 12.4. The zero-order valence-electron chi connectivity index (χ0n) is 22.5. The molecule has 0 aliphatic rings. The molecule has 2 rings (SSSR count). The van der Waals surface area contributed by atoms with Gasteiger partial charge in [-0.25, -0.2) is 9.98 Å². The van der Waals surface area contributed by atoms with Crippen molar-refractivity contribution < 1.29 is 20.4 Å². The molecule has 0 aliphatic heterocycles. The Labute approximate surface area is 234 Å². The van der Waals surface area contributed by atoms with E-state index >= 15 is 0 Å². The van der Waals surface area contributed by atoms with Crippen LogP contribution in [0.15, 0.2) is 95.0 Å². The van der Waals surface area contributed by atoms with Crippen molar-refractivity contribution in [1.82, 2.24) is 0 Å². The fourth-order valence-corrected chi connectivity index (χ4v) is 3.94. The van der Waals surface area contributed by atoms with E-state index in [1.54, 1.807) is 0 Å². The Morgan fingerprint density at radius 1 is 0.528 bits per heavy atom. The molecule has 3 heteroatoms. The fourth-order valence-electron chi connectivity index (χ4n) is 3.94. The summed E-state index contributed by atoms with van der Waals surface area (Å²) in [6.45, 7) is 4.53. The van der Waals surface area contributed by atoms with Crippen LogP contribution < -0.4 is 0 Å². The van der Waals surface area contributed by atoms with Crippen molar-refractivity contribution in [3.63, 3.8) is 0 Å². The van der Waals surface area contributed by atoms with Crippen molar-refractivity contribution >= 4 is 22.8 Å². The van der Waals surface area contributed by atoms with Crippen molar-refractivity contribution in [1.29, 1.82) is 0 Å². The maximum atomic E-state index is 5.00. The van der Waals surface area contributed by atoms with Crippen LogP contribution in [-0.2, 0) is 20.4 Å². The summed E-state index contributed by atoms with van der Waals surface area (Å²) in [6.07, 6.45) is 25.4. The first-order chi connectivity index (χ1) is 17.3. The molecule has 0 spiro atoms. The minimum atomic E-state index is 0. The third-order valence-corrected chi connectivity index (χ3v) is 6.02. The van der Waals surface area contributed by atoms with Crippen LogP contribution in [0.1, 0.15) is 97.3 Å². The third kappa shape index (κ3) is 15.1. The summed E-state index contributed by atoms with van der Waals surface area (Å²) in [6, 6.07) is 20.4. The predicted octanol–water partition coefficient (Wildman–Crippen LogP) is 10.8. The second kappa shape index (κ2) is 22.1. The first-order valence-electron chi connectivity index (χ1n) is 13.9. The summed E-state index contributed by atoms with van der Waals surface area (Å²) in [5.74, 6) is 0. The molecule has 0 aliphatic carbocycles. The molecule has 0 radical (unpaired) electrons. The number of hydrogen-bond donors (Lipinski definition) is 0. The van der Waals surface area contributed by atoms with Gasteiger partial charge in [-0.05, 0) is 62.1 Å². The number of para-hydroxylation sites is 2. The molecule has 0 bridgehead atoms. The molecule has 198 valence electrons. The van der Waals surface area contributed by atoms with Gasteiger partial charge in [-0.1, -0.05) is 120 Å². The second-order valence-electron chi connectivity index (χ2n) is 9.23. The molecule has 0 saturated carbocycles. The SMILES string of the molecule is CCCCCCC/C=C/C(=N\c1ccccc1)C(C=CCCCCCCCC)=Nc1ccccc1.[Pd]. The van der Waals surface area contributed by atoms with Crippen molar-refractivity contribution in [3.05, 3.63) is 85.0 Å². The van der Waals surface area contributed by atoms with Gasteiger partial charge >= 0.3 is 0 Å².